The van der Waals surface area contributed by atoms with E-state index in [2.05, 4.69) is 22.3 Å². The Morgan fingerprint density at radius 2 is 2.04 bits per heavy atom. The Labute approximate surface area is 156 Å². The highest BCUT2D eigenvalue weighted by molar-refractivity contribution is 5.95. The second kappa shape index (κ2) is 6.50. The fourth-order valence-electron chi connectivity index (χ4n) is 3.07. The first-order chi connectivity index (χ1) is 12.9. The Hall–Kier alpha value is -3.22. The van der Waals surface area contributed by atoms with Gasteiger partial charge in [-0.25, -0.2) is 9.37 Å². The molecule has 27 heavy (non-hydrogen) atoms. The van der Waals surface area contributed by atoms with Crippen molar-refractivity contribution in [3.05, 3.63) is 54.2 Å². The van der Waals surface area contributed by atoms with E-state index in [-0.39, 0.29) is 17.5 Å². The van der Waals surface area contributed by atoms with Crippen molar-refractivity contribution in [2.45, 2.75) is 19.4 Å². The Morgan fingerprint density at radius 1 is 1.26 bits per heavy atom. The van der Waals surface area contributed by atoms with E-state index in [1.807, 2.05) is 19.3 Å². The van der Waals surface area contributed by atoms with Gasteiger partial charge >= 0.3 is 0 Å². The summed E-state index contributed by atoms with van der Waals surface area (Å²) in [6, 6.07) is 6.50. The fraction of sp³-hybridized carbons (Fsp3) is 0.250. The van der Waals surface area contributed by atoms with Gasteiger partial charge in [0.1, 0.15) is 11.6 Å². The molecule has 2 atom stereocenters. The molecule has 1 fully saturated rings. The molecule has 2 aromatic heterocycles. The van der Waals surface area contributed by atoms with E-state index < -0.39 is 5.82 Å². The lowest BCUT2D eigenvalue weighted by atomic mass is 10.0. The van der Waals surface area contributed by atoms with E-state index in [1.54, 1.807) is 23.1 Å². The number of pyridine rings is 1. The number of hydrogen-bond donors (Lipinski definition) is 2. The fourth-order valence-corrected chi connectivity index (χ4v) is 3.07. The van der Waals surface area contributed by atoms with Crippen LogP contribution in [-0.2, 0) is 7.05 Å². The molecule has 1 aliphatic rings. The van der Waals surface area contributed by atoms with Crippen LogP contribution in [0.4, 0.5) is 10.2 Å². The number of nitrogens with one attached hydrogen (secondary N) is 1. The Kier molecular flexibility index (Phi) is 4.14. The monoisotopic (exact) mass is 365 g/mol. The van der Waals surface area contributed by atoms with Crippen LogP contribution in [0.1, 0.15) is 23.7 Å². The number of carbonyl (C=O) groups excluding carboxylic acids is 1. The van der Waals surface area contributed by atoms with E-state index in [1.165, 1.54) is 12.1 Å². The van der Waals surface area contributed by atoms with Gasteiger partial charge in [-0.05, 0) is 36.1 Å². The molecule has 0 saturated heterocycles. The zero-order valence-electron chi connectivity index (χ0n) is 15.1. The highest BCUT2D eigenvalue weighted by Crippen LogP contribution is 2.32. The zero-order valence-corrected chi connectivity index (χ0v) is 15.1. The lowest BCUT2D eigenvalue weighted by Gasteiger charge is -2.10. The van der Waals surface area contributed by atoms with E-state index in [4.69, 9.17) is 5.73 Å². The topological polar surface area (TPSA) is 85.8 Å². The predicted molar refractivity (Wildman–Crippen MR) is 101 cm³/mol. The summed E-state index contributed by atoms with van der Waals surface area (Å²) in [6.45, 7) is 2.05. The molecule has 0 bridgehead atoms. The maximum Gasteiger partial charge on any atom is 0.254 e. The molecular formula is C20H20FN5O. The largest absolute Gasteiger partial charge is 0.383 e. The van der Waals surface area contributed by atoms with Crippen molar-refractivity contribution in [3.8, 4) is 22.3 Å². The van der Waals surface area contributed by atoms with Crippen molar-refractivity contribution in [2.24, 2.45) is 13.0 Å². The Morgan fingerprint density at radius 3 is 2.67 bits per heavy atom. The molecule has 0 unspecified atom stereocenters. The van der Waals surface area contributed by atoms with Crippen molar-refractivity contribution < 1.29 is 9.18 Å². The smallest absolute Gasteiger partial charge is 0.254 e. The average molecular weight is 365 g/mol. The molecule has 0 aliphatic heterocycles. The number of nitrogen functional groups attached to an aromatic ring is 1. The van der Waals surface area contributed by atoms with Crippen LogP contribution >= 0.6 is 0 Å². The number of carbonyl (C=O) groups is 1. The first kappa shape index (κ1) is 17.2. The lowest BCUT2D eigenvalue weighted by Crippen LogP contribution is -2.27. The van der Waals surface area contributed by atoms with Gasteiger partial charge in [0, 0.05) is 42.2 Å². The molecule has 138 valence electrons. The van der Waals surface area contributed by atoms with Gasteiger partial charge in [-0.1, -0.05) is 13.0 Å². The normalized spacial score (nSPS) is 18.3. The molecule has 4 rings (SSSR count). The summed E-state index contributed by atoms with van der Waals surface area (Å²) in [5.41, 5.74) is 8.94. The molecule has 1 saturated carbocycles. The summed E-state index contributed by atoms with van der Waals surface area (Å²) in [6.07, 6.45) is 6.19. The summed E-state index contributed by atoms with van der Waals surface area (Å²) >= 11 is 0. The van der Waals surface area contributed by atoms with Crippen LogP contribution < -0.4 is 11.1 Å². The first-order valence-electron chi connectivity index (χ1n) is 8.77. The quantitative estimate of drug-likeness (QED) is 0.744. The first-order valence-corrected chi connectivity index (χ1v) is 8.77. The average Bonchev–Trinajstić information content (AvgIpc) is 3.14. The number of aromatic nitrogens is 3. The minimum absolute atomic E-state index is 0.0350. The summed E-state index contributed by atoms with van der Waals surface area (Å²) < 4.78 is 16.3. The van der Waals surface area contributed by atoms with Crippen molar-refractivity contribution in [1.29, 1.82) is 0 Å². The van der Waals surface area contributed by atoms with Crippen LogP contribution in [-0.4, -0.2) is 26.7 Å². The van der Waals surface area contributed by atoms with Crippen LogP contribution in [0.5, 0.6) is 0 Å². The van der Waals surface area contributed by atoms with Crippen molar-refractivity contribution in [3.63, 3.8) is 0 Å². The van der Waals surface area contributed by atoms with Gasteiger partial charge in [-0.15, -0.1) is 0 Å². The molecule has 0 radical (unpaired) electrons. The predicted octanol–water partition coefficient (Wildman–Crippen LogP) is 3.01. The molecular weight excluding hydrogens is 345 g/mol. The molecule has 2 heterocycles. The molecule has 1 amide bonds. The zero-order chi connectivity index (χ0) is 19.1. The highest BCUT2D eigenvalue weighted by Gasteiger charge is 2.34. The maximum atomic E-state index is 14.6. The van der Waals surface area contributed by atoms with Gasteiger partial charge in [0.2, 0.25) is 0 Å². The van der Waals surface area contributed by atoms with E-state index in [9.17, 15) is 9.18 Å². The Balaban J connectivity index is 1.65. The minimum atomic E-state index is -0.579. The summed E-state index contributed by atoms with van der Waals surface area (Å²) in [7, 11) is 1.83. The van der Waals surface area contributed by atoms with Crippen molar-refractivity contribution >= 4 is 11.7 Å². The summed E-state index contributed by atoms with van der Waals surface area (Å²) in [4.78, 5) is 16.4. The molecule has 3 aromatic rings. The lowest BCUT2D eigenvalue weighted by molar-refractivity contribution is 0.0945. The number of aryl methyl sites for hydroxylation is 1. The van der Waals surface area contributed by atoms with E-state index >= 15 is 0 Å². The van der Waals surface area contributed by atoms with Crippen LogP contribution in [0.25, 0.3) is 22.3 Å². The number of halogens is 1. The molecule has 6 nitrogen and oxygen atoms in total. The maximum absolute atomic E-state index is 14.6. The van der Waals surface area contributed by atoms with Gasteiger partial charge in [-0.2, -0.15) is 5.10 Å². The van der Waals surface area contributed by atoms with Gasteiger partial charge in [0.15, 0.2) is 0 Å². The standard InChI is InChI=1S/C20H20FN5O/c1-11-5-18(11)25-20(27)15-4-3-12(7-17(15)21)16-6-13(8-23-19(16)22)14-9-24-26(2)10-14/h3-4,6-11,18H,5H2,1-2H3,(H2,22,23)(H,25,27)/t11-,18-/m0/s1. The van der Waals surface area contributed by atoms with E-state index in [0.717, 1.165) is 17.5 Å². The number of nitrogens with two attached hydrogens (primary N) is 1. The van der Waals surface area contributed by atoms with Crippen LogP contribution in [0, 0.1) is 11.7 Å². The number of benzene rings is 1. The second-order valence-corrected chi connectivity index (χ2v) is 7.05. The number of anilines is 1. The highest BCUT2D eigenvalue weighted by atomic mass is 19.1. The number of hydrogen-bond acceptors (Lipinski definition) is 4. The third kappa shape index (κ3) is 3.40. The third-order valence-electron chi connectivity index (χ3n) is 4.91. The molecule has 7 heteroatoms. The SMILES string of the molecule is C[C@H]1C[C@@H]1NC(=O)c1ccc(-c2cc(-c3cnn(C)c3)cnc2N)cc1F. The summed E-state index contributed by atoms with van der Waals surface area (Å²) in [5.74, 6) is -0.212. The number of nitrogens with zero attached hydrogens (tertiary/aromatic N) is 3. The van der Waals surface area contributed by atoms with Gasteiger partial charge in [0.05, 0.1) is 11.8 Å². The van der Waals surface area contributed by atoms with Crippen LogP contribution in [0.3, 0.4) is 0 Å². The second-order valence-electron chi connectivity index (χ2n) is 7.05. The molecule has 1 aliphatic carbocycles. The minimum Gasteiger partial charge on any atom is -0.383 e. The van der Waals surface area contributed by atoms with Crippen LogP contribution in [0.15, 0.2) is 42.9 Å². The number of amides is 1. The van der Waals surface area contributed by atoms with Gasteiger partial charge < -0.3 is 11.1 Å². The number of rotatable bonds is 4. The van der Waals surface area contributed by atoms with Crippen molar-refractivity contribution in [1.82, 2.24) is 20.1 Å². The molecule has 0 spiro atoms. The molecule has 1 aromatic carbocycles. The van der Waals surface area contributed by atoms with Gasteiger partial charge in [-0.3, -0.25) is 9.48 Å². The van der Waals surface area contributed by atoms with E-state index in [0.29, 0.717) is 22.9 Å². The third-order valence-corrected chi connectivity index (χ3v) is 4.91. The molecule has 3 N–H and O–H groups in total. The van der Waals surface area contributed by atoms with Gasteiger partial charge in [0.25, 0.3) is 5.91 Å². The summed E-state index contributed by atoms with van der Waals surface area (Å²) in [5, 5.41) is 6.99. The Bertz CT molecular complexity index is 1030. The van der Waals surface area contributed by atoms with Crippen molar-refractivity contribution in [2.75, 3.05) is 5.73 Å². The van der Waals surface area contributed by atoms with Crippen LogP contribution in [0.2, 0.25) is 0 Å².